The summed E-state index contributed by atoms with van der Waals surface area (Å²) in [5.74, 6) is 0.0517. The number of nitrogens with zero attached hydrogens (tertiary/aromatic N) is 2. The van der Waals surface area contributed by atoms with Gasteiger partial charge >= 0.3 is 0 Å². The third-order valence-electron chi connectivity index (χ3n) is 6.07. The number of likely N-dealkylation sites (tertiary alicyclic amines) is 1. The number of hydrogen-bond donors (Lipinski definition) is 0. The maximum absolute atomic E-state index is 13.0. The molecule has 2 fully saturated rings. The van der Waals surface area contributed by atoms with Crippen molar-refractivity contribution in [3.05, 3.63) is 66.2 Å². The van der Waals surface area contributed by atoms with E-state index in [4.69, 9.17) is 4.74 Å². The summed E-state index contributed by atoms with van der Waals surface area (Å²) in [7, 11) is 0. The standard InChI is InChI=1S/C24H30N2O2/c1-23(2)22(27)26(21-11-7-4-8-12-21)19-24(28-23)14-17-25(18-15-24)16-13-20-9-5-3-6-10-20/h3-12H,13-19H2,1-2H3. The first-order valence-electron chi connectivity index (χ1n) is 10.3. The molecule has 1 amide bonds. The van der Waals surface area contributed by atoms with Gasteiger partial charge in [-0.25, -0.2) is 0 Å². The number of piperidine rings is 1. The molecule has 1 spiro atoms. The summed E-state index contributed by atoms with van der Waals surface area (Å²) in [4.78, 5) is 17.4. The van der Waals surface area contributed by atoms with Crippen LogP contribution in [-0.2, 0) is 16.0 Å². The van der Waals surface area contributed by atoms with Crippen molar-refractivity contribution < 1.29 is 9.53 Å². The zero-order valence-electron chi connectivity index (χ0n) is 16.9. The van der Waals surface area contributed by atoms with Crippen LogP contribution in [-0.4, -0.2) is 48.2 Å². The molecular weight excluding hydrogens is 348 g/mol. The van der Waals surface area contributed by atoms with Crippen LogP contribution in [0.25, 0.3) is 0 Å². The van der Waals surface area contributed by atoms with Crippen molar-refractivity contribution in [2.75, 3.05) is 31.1 Å². The number of hydrogen-bond acceptors (Lipinski definition) is 3. The van der Waals surface area contributed by atoms with E-state index in [2.05, 4.69) is 35.2 Å². The number of anilines is 1. The topological polar surface area (TPSA) is 32.8 Å². The number of carbonyl (C=O) groups excluding carboxylic acids is 1. The van der Waals surface area contributed by atoms with E-state index in [0.29, 0.717) is 6.54 Å². The van der Waals surface area contributed by atoms with Gasteiger partial charge < -0.3 is 14.5 Å². The van der Waals surface area contributed by atoms with Crippen LogP contribution in [0.5, 0.6) is 0 Å². The van der Waals surface area contributed by atoms with Gasteiger partial charge in [-0.15, -0.1) is 0 Å². The second-order valence-corrected chi connectivity index (χ2v) is 8.60. The average molecular weight is 379 g/mol. The van der Waals surface area contributed by atoms with Gasteiger partial charge in [-0.2, -0.15) is 0 Å². The van der Waals surface area contributed by atoms with Gasteiger partial charge in [-0.3, -0.25) is 4.79 Å². The molecule has 0 radical (unpaired) electrons. The Labute approximate surface area is 168 Å². The molecule has 0 aromatic heterocycles. The Bertz CT molecular complexity index is 796. The normalized spacial score (nSPS) is 21.8. The summed E-state index contributed by atoms with van der Waals surface area (Å²) in [6.45, 7) is 7.57. The monoisotopic (exact) mass is 378 g/mol. The van der Waals surface area contributed by atoms with Gasteiger partial charge in [-0.1, -0.05) is 48.5 Å². The van der Waals surface area contributed by atoms with Crippen LogP contribution in [0.4, 0.5) is 5.69 Å². The number of carbonyl (C=O) groups is 1. The average Bonchev–Trinajstić information content (AvgIpc) is 2.72. The second kappa shape index (κ2) is 7.69. The minimum Gasteiger partial charge on any atom is -0.357 e. The summed E-state index contributed by atoms with van der Waals surface area (Å²) in [6.07, 6.45) is 3.00. The van der Waals surface area contributed by atoms with Crippen LogP contribution in [0.2, 0.25) is 0 Å². The van der Waals surface area contributed by atoms with Crippen molar-refractivity contribution in [3.63, 3.8) is 0 Å². The lowest BCUT2D eigenvalue weighted by Gasteiger charge is -2.52. The molecule has 0 saturated carbocycles. The SMILES string of the molecule is CC1(C)OC2(CCN(CCc3ccccc3)CC2)CN(c2ccccc2)C1=O. The summed E-state index contributed by atoms with van der Waals surface area (Å²) in [5.41, 5.74) is 1.31. The lowest BCUT2D eigenvalue weighted by Crippen LogP contribution is -2.65. The number of amides is 1. The molecule has 2 aliphatic rings. The van der Waals surface area contributed by atoms with Crippen LogP contribution < -0.4 is 4.90 Å². The molecule has 0 N–H and O–H groups in total. The van der Waals surface area contributed by atoms with Crippen LogP contribution in [0.1, 0.15) is 32.3 Å². The number of para-hydroxylation sites is 1. The zero-order valence-corrected chi connectivity index (χ0v) is 16.9. The van der Waals surface area contributed by atoms with Crippen LogP contribution >= 0.6 is 0 Å². The predicted octanol–water partition coefficient (Wildman–Crippen LogP) is 3.91. The first kappa shape index (κ1) is 19.2. The van der Waals surface area contributed by atoms with Gasteiger partial charge in [0.2, 0.25) is 0 Å². The van der Waals surface area contributed by atoms with Crippen LogP contribution in [0.15, 0.2) is 60.7 Å². The number of benzene rings is 2. The summed E-state index contributed by atoms with van der Waals surface area (Å²) in [5, 5.41) is 0. The molecule has 2 saturated heterocycles. The largest absolute Gasteiger partial charge is 0.357 e. The molecule has 4 nitrogen and oxygen atoms in total. The molecule has 2 aliphatic heterocycles. The molecule has 4 rings (SSSR count). The van der Waals surface area contributed by atoms with Crippen molar-refractivity contribution >= 4 is 11.6 Å². The zero-order chi connectivity index (χ0) is 19.6. The van der Waals surface area contributed by atoms with Crippen molar-refractivity contribution in [2.45, 2.75) is 44.3 Å². The quantitative estimate of drug-likeness (QED) is 0.809. The fraction of sp³-hybridized carbons (Fsp3) is 0.458. The Balaban J connectivity index is 1.43. The van der Waals surface area contributed by atoms with E-state index in [1.165, 1.54) is 5.56 Å². The molecular formula is C24H30N2O2. The highest BCUT2D eigenvalue weighted by atomic mass is 16.5. The molecule has 2 aromatic carbocycles. The Hall–Kier alpha value is -2.17. The van der Waals surface area contributed by atoms with Gasteiger partial charge in [0.05, 0.1) is 12.1 Å². The summed E-state index contributed by atoms with van der Waals surface area (Å²) >= 11 is 0. The van der Waals surface area contributed by atoms with E-state index in [0.717, 1.165) is 44.6 Å². The number of morpholine rings is 1. The molecule has 0 aliphatic carbocycles. The first-order chi connectivity index (χ1) is 13.5. The summed E-state index contributed by atoms with van der Waals surface area (Å²) in [6, 6.07) is 20.7. The van der Waals surface area contributed by atoms with Gasteiger partial charge in [0, 0.05) is 25.3 Å². The predicted molar refractivity (Wildman–Crippen MR) is 113 cm³/mol. The van der Waals surface area contributed by atoms with Crippen molar-refractivity contribution in [3.8, 4) is 0 Å². The minimum absolute atomic E-state index is 0.0517. The van der Waals surface area contributed by atoms with Crippen molar-refractivity contribution in [1.29, 1.82) is 0 Å². The lowest BCUT2D eigenvalue weighted by atomic mass is 9.86. The fourth-order valence-corrected chi connectivity index (χ4v) is 4.49. The second-order valence-electron chi connectivity index (χ2n) is 8.60. The third kappa shape index (κ3) is 3.98. The van der Waals surface area contributed by atoms with Gasteiger partial charge in [0.1, 0.15) is 5.60 Å². The molecule has 0 unspecified atom stereocenters. The van der Waals surface area contributed by atoms with E-state index in [-0.39, 0.29) is 11.5 Å². The van der Waals surface area contributed by atoms with Gasteiger partial charge in [-0.05, 0) is 50.8 Å². The Morgan fingerprint density at radius 3 is 2.18 bits per heavy atom. The van der Waals surface area contributed by atoms with E-state index >= 15 is 0 Å². The lowest BCUT2D eigenvalue weighted by molar-refractivity contribution is -0.188. The van der Waals surface area contributed by atoms with E-state index in [9.17, 15) is 4.79 Å². The first-order valence-corrected chi connectivity index (χ1v) is 10.3. The van der Waals surface area contributed by atoms with Crippen LogP contribution in [0.3, 0.4) is 0 Å². The number of ether oxygens (including phenoxy) is 1. The molecule has 0 atom stereocenters. The fourth-order valence-electron chi connectivity index (χ4n) is 4.49. The van der Waals surface area contributed by atoms with E-state index in [1.807, 2.05) is 49.1 Å². The van der Waals surface area contributed by atoms with E-state index < -0.39 is 5.60 Å². The van der Waals surface area contributed by atoms with E-state index in [1.54, 1.807) is 0 Å². The highest BCUT2D eigenvalue weighted by Gasteiger charge is 2.50. The highest BCUT2D eigenvalue weighted by molar-refractivity contribution is 5.99. The van der Waals surface area contributed by atoms with Gasteiger partial charge in [0.25, 0.3) is 5.91 Å². The summed E-state index contributed by atoms with van der Waals surface area (Å²) < 4.78 is 6.46. The maximum atomic E-state index is 13.0. The van der Waals surface area contributed by atoms with Crippen LogP contribution in [0, 0.1) is 0 Å². The molecule has 2 heterocycles. The number of rotatable bonds is 4. The molecule has 4 heteroatoms. The van der Waals surface area contributed by atoms with Crippen molar-refractivity contribution in [1.82, 2.24) is 4.90 Å². The Morgan fingerprint density at radius 1 is 0.929 bits per heavy atom. The maximum Gasteiger partial charge on any atom is 0.258 e. The molecule has 148 valence electrons. The highest BCUT2D eigenvalue weighted by Crippen LogP contribution is 2.38. The third-order valence-corrected chi connectivity index (χ3v) is 6.07. The molecule has 0 bridgehead atoms. The Morgan fingerprint density at radius 2 is 1.54 bits per heavy atom. The molecule has 28 heavy (non-hydrogen) atoms. The smallest absolute Gasteiger partial charge is 0.258 e. The molecule has 2 aromatic rings. The minimum atomic E-state index is -0.791. The van der Waals surface area contributed by atoms with Crippen molar-refractivity contribution in [2.24, 2.45) is 0 Å². The Kier molecular flexibility index (Phi) is 5.26. The van der Waals surface area contributed by atoms with Gasteiger partial charge in [0.15, 0.2) is 0 Å².